The van der Waals surface area contributed by atoms with Gasteiger partial charge in [0.05, 0.1) is 22.1 Å². The lowest BCUT2D eigenvalue weighted by molar-refractivity contribution is 1.05. The Morgan fingerprint density at radius 2 is 0.821 bits per heavy atom. The summed E-state index contributed by atoms with van der Waals surface area (Å²) in [4.78, 5) is 20.1. The summed E-state index contributed by atoms with van der Waals surface area (Å²) < 4.78 is 4.67. The monoisotopic (exact) mass is 716 g/mol. The van der Waals surface area contributed by atoms with Crippen molar-refractivity contribution >= 4 is 43.6 Å². The van der Waals surface area contributed by atoms with E-state index in [1.54, 1.807) is 0 Å². The number of fused-ring (bicyclic) bond motifs is 7. The SMILES string of the molecule is c1ccc(-c2ccc(-c3nc(-c4ccccc4)nc(-c4ccc(-n5c6ccccc6c6c5ccc5c7ccccc7n(-c7ccccc7)c56)nc4)n3)cc2)cc1. The first kappa shape index (κ1) is 31.8. The zero-order chi connectivity index (χ0) is 37.0. The molecule has 56 heavy (non-hydrogen) atoms. The van der Waals surface area contributed by atoms with Crippen LogP contribution in [0.25, 0.3) is 100 Å². The summed E-state index contributed by atoms with van der Waals surface area (Å²) in [6, 6.07) is 65.4. The van der Waals surface area contributed by atoms with Crippen molar-refractivity contribution in [3.8, 4) is 56.8 Å². The van der Waals surface area contributed by atoms with Gasteiger partial charge < -0.3 is 4.57 Å². The molecule has 6 nitrogen and oxygen atoms in total. The number of rotatable bonds is 6. The van der Waals surface area contributed by atoms with Crippen molar-refractivity contribution in [3.05, 3.63) is 194 Å². The van der Waals surface area contributed by atoms with Gasteiger partial charge in [0.1, 0.15) is 5.82 Å². The minimum absolute atomic E-state index is 0.566. The molecule has 0 aliphatic carbocycles. The molecule has 0 bridgehead atoms. The van der Waals surface area contributed by atoms with Gasteiger partial charge in [0.15, 0.2) is 17.5 Å². The van der Waals surface area contributed by atoms with Crippen molar-refractivity contribution in [2.75, 3.05) is 0 Å². The average molecular weight is 717 g/mol. The van der Waals surface area contributed by atoms with Gasteiger partial charge in [-0.25, -0.2) is 19.9 Å². The Kier molecular flexibility index (Phi) is 7.38. The molecular formula is C50H32N6. The highest BCUT2D eigenvalue weighted by Crippen LogP contribution is 2.41. The first-order valence-corrected chi connectivity index (χ1v) is 18.7. The zero-order valence-corrected chi connectivity index (χ0v) is 30.2. The van der Waals surface area contributed by atoms with E-state index in [1.807, 2.05) is 42.6 Å². The Labute approximate surface area is 322 Å². The average Bonchev–Trinajstić information content (AvgIpc) is 3.80. The summed E-state index contributed by atoms with van der Waals surface area (Å²) in [6.07, 6.45) is 1.88. The predicted molar refractivity (Wildman–Crippen MR) is 228 cm³/mol. The fourth-order valence-electron chi connectivity index (χ4n) is 8.04. The number of benzene rings is 7. The third-order valence-corrected chi connectivity index (χ3v) is 10.6. The van der Waals surface area contributed by atoms with E-state index in [-0.39, 0.29) is 0 Å². The van der Waals surface area contributed by atoms with Crippen LogP contribution in [0, 0.1) is 0 Å². The number of pyridine rings is 1. The smallest absolute Gasteiger partial charge is 0.165 e. The number of para-hydroxylation sites is 3. The summed E-state index contributed by atoms with van der Waals surface area (Å²) in [6.45, 7) is 0. The maximum absolute atomic E-state index is 5.11. The van der Waals surface area contributed by atoms with Gasteiger partial charge in [0, 0.05) is 50.1 Å². The van der Waals surface area contributed by atoms with Crippen molar-refractivity contribution in [1.82, 2.24) is 29.1 Å². The number of hydrogen-bond donors (Lipinski definition) is 0. The van der Waals surface area contributed by atoms with E-state index >= 15 is 0 Å². The minimum Gasteiger partial charge on any atom is -0.309 e. The topological polar surface area (TPSA) is 61.4 Å². The van der Waals surface area contributed by atoms with E-state index < -0.39 is 0 Å². The van der Waals surface area contributed by atoms with Crippen molar-refractivity contribution < 1.29 is 0 Å². The van der Waals surface area contributed by atoms with Crippen molar-refractivity contribution in [3.63, 3.8) is 0 Å². The zero-order valence-electron chi connectivity index (χ0n) is 30.2. The van der Waals surface area contributed by atoms with E-state index in [1.165, 1.54) is 32.6 Å². The van der Waals surface area contributed by atoms with Gasteiger partial charge in [-0.15, -0.1) is 0 Å². The summed E-state index contributed by atoms with van der Waals surface area (Å²) in [7, 11) is 0. The van der Waals surface area contributed by atoms with E-state index in [0.717, 1.165) is 50.4 Å². The number of hydrogen-bond acceptors (Lipinski definition) is 4. The molecule has 0 spiro atoms. The van der Waals surface area contributed by atoms with Crippen LogP contribution in [-0.4, -0.2) is 29.1 Å². The molecule has 0 saturated carbocycles. The van der Waals surface area contributed by atoms with Crippen molar-refractivity contribution in [2.45, 2.75) is 0 Å². The second kappa shape index (κ2) is 13.0. The molecule has 0 saturated heterocycles. The summed E-state index contributed by atoms with van der Waals surface area (Å²) >= 11 is 0. The maximum Gasteiger partial charge on any atom is 0.165 e. The lowest BCUT2D eigenvalue weighted by Gasteiger charge is -2.11. The second-order valence-corrected chi connectivity index (χ2v) is 13.9. The second-order valence-electron chi connectivity index (χ2n) is 13.9. The molecule has 11 aromatic rings. The molecule has 0 aliphatic rings. The highest BCUT2D eigenvalue weighted by Gasteiger charge is 2.21. The lowest BCUT2D eigenvalue weighted by atomic mass is 10.0. The van der Waals surface area contributed by atoms with Crippen LogP contribution in [0.5, 0.6) is 0 Å². The van der Waals surface area contributed by atoms with Crippen LogP contribution in [0.15, 0.2) is 194 Å². The normalized spacial score (nSPS) is 11.6. The van der Waals surface area contributed by atoms with E-state index in [4.69, 9.17) is 19.9 Å². The Hall–Kier alpha value is -7.70. The van der Waals surface area contributed by atoms with E-state index in [0.29, 0.717) is 17.5 Å². The van der Waals surface area contributed by atoms with Gasteiger partial charge in [0.2, 0.25) is 0 Å². The van der Waals surface area contributed by atoms with Crippen LogP contribution < -0.4 is 0 Å². The fraction of sp³-hybridized carbons (Fsp3) is 0. The third kappa shape index (κ3) is 5.19. The fourth-order valence-corrected chi connectivity index (χ4v) is 8.04. The van der Waals surface area contributed by atoms with Crippen LogP contribution in [0.4, 0.5) is 0 Å². The van der Waals surface area contributed by atoms with Crippen LogP contribution in [-0.2, 0) is 0 Å². The molecule has 6 heteroatoms. The number of aromatic nitrogens is 6. The molecule has 262 valence electrons. The molecule has 0 atom stereocenters. The molecule has 0 unspecified atom stereocenters. The van der Waals surface area contributed by atoms with Crippen LogP contribution in [0.3, 0.4) is 0 Å². The Bertz CT molecular complexity index is 3200. The molecule has 0 N–H and O–H groups in total. The standard InChI is InChI=1S/C50H32N6/c1-4-14-33(15-5-1)34-24-26-36(27-25-34)49-52-48(35-16-6-2-7-17-35)53-50(54-49)37-28-31-45(51-32-37)56-43-23-13-11-21-41(43)46-44(56)30-29-40-39-20-10-12-22-42(39)55(47(40)46)38-18-8-3-9-19-38/h1-32H. The first-order valence-electron chi connectivity index (χ1n) is 18.7. The predicted octanol–water partition coefficient (Wildman–Crippen LogP) is 12.1. The van der Waals surface area contributed by atoms with Gasteiger partial charge in [-0.05, 0) is 53.6 Å². The Morgan fingerprint density at radius 1 is 0.321 bits per heavy atom. The highest BCUT2D eigenvalue weighted by atomic mass is 15.1. The molecule has 4 aromatic heterocycles. The minimum atomic E-state index is 0.566. The summed E-state index contributed by atoms with van der Waals surface area (Å²) in [5.74, 6) is 2.60. The molecule has 0 amide bonds. The third-order valence-electron chi connectivity index (χ3n) is 10.6. The Morgan fingerprint density at radius 3 is 1.48 bits per heavy atom. The molecule has 0 fully saturated rings. The lowest BCUT2D eigenvalue weighted by Crippen LogP contribution is -2.01. The van der Waals surface area contributed by atoms with Gasteiger partial charge >= 0.3 is 0 Å². The molecule has 11 rings (SSSR count). The molecular weight excluding hydrogens is 685 g/mol. The van der Waals surface area contributed by atoms with Gasteiger partial charge in [0.25, 0.3) is 0 Å². The molecule has 0 aliphatic heterocycles. The summed E-state index contributed by atoms with van der Waals surface area (Å²) in [5, 5.41) is 4.81. The Balaban J connectivity index is 1.06. The van der Waals surface area contributed by atoms with Gasteiger partial charge in [-0.1, -0.05) is 146 Å². The van der Waals surface area contributed by atoms with Crippen LogP contribution >= 0.6 is 0 Å². The van der Waals surface area contributed by atoms with E-state index in [9.17, 15) is 0 Å². The van der Waals surface area contributed by atoms with Crippen molar-refractivity contribution in [1.29, 1.82) is 0 Å². The summed E-state index contributed by atoms with van der Waals surface area (Å²) in [5.41, 5.74) is 10.6. The van der Waals surface area contributed by atoms with Crippen LogP contribution in [0.1, 0.15) is 0 Å². The van der Waals surface area contributed by atoms with Crippen LogP contribution in [0.2, 0.25) is 0 Å². The maximum atomic E-state index is 5.11. The molecule has 7 aromatic carbocycles. The van der Waals surface area contributed by atoms with Gasteiger partial charge in [-0.2, -0.15) is 0 Å². The van der Waals surface area contributed by atoms with Crippen molar-refractivity contribution in [2.24, 2.45) is 0 Å². The quantitative estimate of drug-likeness (QED) is 0.172. The van der Waals surface area contributed by atoms with Gasteiger partial charge in [-0.3, -0.25) is 4.57 Å². The first-order chi connectivity index (χ1) is 27.8. The molecule has 0 radical (unpaired) electrons. The van der Waals surface area contributed by atoms with E-state index in [2.05, 4.69) is 161 Å². The number of nitrogens with zero attached hydrogens (tertiary/aromatic N) is 6. The highest BCUT2D eigenvalue weighted by molar-refractivity contribution is 6.26. The molecule has 4 heterocycles. The largest absolute Gasteiger partial charge is 0.309 e.